The number of sulfonamides is 1. The number of anilines is 2. The van der Waals surface area contributed by atoms with E-state index in [1.54, 1.807) is 0 Å². The minimum atomic E-state index is -5.08. The molecule has 0 bridgehead atoms. The fraction of sp³-hybridized carbons (Fsp3) is 0.360. The van der Waals surface area contributed by atoms with Crippen molar-refractivity contribution >= 4 is 50.4 Å². The van der Waals surface area contributed by atoms with Crippen molar-refractivity contribution in [2.75, 3.05) is 29.8 Å². The molecular formula is C25H25ClF4N4O4S2. The number of likely N-dealkylation sites (tertiary alicyclic amines) is 1. The zero-order chi connectivity index (χ0) is 29.2. The first-order valence-corrected chi connectivity index (χ1v) is 14.8. The number of carboxylic acids is 1. The minimum Gasteiger partial charge on any atom is -0.475 e. The molecule has 0 radical (unpaired) electrons. The van der Waals surface area contributed by atoms with E-state index in [1.165, 1.54) is 45.5 Å². The highest BCUT2D eigenvalue weighted by atomic mass is 35.5. The first-order chi connectivity index (χ1) is 18.8. The number of carboxylic acid groups (broad SMARTS) is 1. The van der Waals surface area contributed by atoms with Gasteiger partial charge in [0.25, 0.3) is 10.0 Å². The molecule has 0 unspecified atom stereocenters. The lowest BCUT2D eigenvalue weighted by atomic mass is 10.1. The molecule has 2 aliphatic rings. The predicted molar refractivity (Wildman–Crippen MR) is 144 cm³/mol. The van der Waals surface area contributed by atoms with E-state index in [-0.39, 0.29) is 16.9 Å². The van der Waals surface area contributed by atoms with Crippen LogP contribution < -0.4 is 9.62 Å². The third-order valence-electron chi connectivity index (χ3n) is 6.87. The Bertz CT molecular complexity index is 1470. The van der Waals surface area contributed by atoms with Gasteiger partial charge in [0.15, 0.2) is 5.82 Å². The molecular weight excluding hydrogens is 596 g/mol. The second-order valence-electron chi connectivity index (χ2n) is 9.32. The molecule has 2 heterocycles. The number of fused-ring (bicyclic) bond motifs is 1. The summed E-state index contributed by atoms with van der Waals surface area (Å²) in [6.45, 7) is 1.80. The number of aryl methyl sites for hydroxylation is 1. The normalized spacial score (nSPS) is 19.1. The van der Waals surface area contributed by atoms with Gasteiger partial charge >= 0.3 is 12.1 Å². The van der Waals surface area contributed by atoms with Crippen molar-refractivity contribution in [3.8, 4) is 0 Å². The van der Waals surface area contributed by atoms with E-state index >= 15 is 0 Å². The minimum absolute atomic E-state index is 0.149. The number of rotatable bonds is 6. The van der Waals surface area contributed by atoms with E-state index < -0.39 is 32.9 Å². The Kier molecular flexibility index (Phi) is 8.93. The van der Waals surface area contributed by atoms with E-state index in [1.807, 2.05) is 11.9 Å². The standard InChI is InChI=1S/C23H24ClFN4O2S2.C2HF3O2/c1-28(16-8-9-29(12-16)20-7-6-15-4-2-3-5-17(15)20)21-11-19(25)22(10-18(21)24)33(30,31)27-23-13-32-14-26-23;3-2(4,5)1(6)7/h2-5,10-11,13-14,16,20,27H,6-9,12H2,1H3;(H,6,7)/t16-,20-;/m0./s1. The second kappa shape index (κ2) is 11.9. The van der Waals surface area contributed by atoms with Gasteiger partial charge in [-0.3, -0.25) is 9.62 Å². The molecule has 2 N–H and O–H groups in total. The van der Waals surface area contributed by atoms with E-state index in [0.29, 0.717) is 11.7 Å². The zero-order valence-electron chi connectivity index (χ0n) is 21.0. The van der Waals surface area contributed by atoms with E-state index in [4.69, 9.17) is 21.5 Å². The van der Waals surface area contributed by atoms with Crippen LogP contribution in [-0.4, -0.2) is 61.7 Å². The van der Waals surface area contributed by atoms with Gasteiger partial charge in [0.2, 0.25) is 0 Å². The predicted octanol–water partition coefficient (Wildman–Crippen LogP) is 5.57. The molecule has 15 heteroatoms. The Hall–Kier alpha value is -2.94. The summed E-state index contributed by atoms with van der Waals surface area (Å²) in [7, 11) is -2.25. The van der Waals surface area contributed by atoms with Crippen molar-refractivity contribution in [1.82, 2.24) is 9.88 Å². The Morgan fingerprint density at radius 2 is 1.95 bits per heavy atom. The average molecular weight is 621 g/mol. The molecule has 3 aromatic rings. The van der Waals surface area contributed by atoms with Crippen molar-refractivity contribution in [3.63, 3.8) is 0 Å². The maximum atomic E-state index is 15.0. The van der Waals surface area contributed by atoms with Crippen LogP contribution in [0, 0.1) is 5.82 Å². The SMILES string of the molecule is CN(c1cc(F)c(S(=O)(=O)Nc2cscn2)cc1Cl)[C@H]1CCN([C@H]2CCc3ccccc32)C1.O=C(O)C(F)(F)F. The maximum Gasteiger partial charge on any atom is 0.490 e. The van der Waals surface area contributed by atoms with Crippen LogP contribution in [0.1, 0.15) is 30.0 Å². The van der Waals surface area contributed by atoms with Gasteiger partial charge in [0.1, 0.15) is 10.7 Å². The van der Waals surface area contributed by atoms with Crippen LogP contribution >= 0.6 is 22.9 Å². The van der Waals surface area contributed by atoms with Gasteiger partial charge in [0, 0.05) is 43.7 Å². The Labute approximate surface area is 237 Å². The second-order valence-corrected chi connectivity index (χ2v) is 12.1. The lowest BCUT2D eigenvalue weighted by Crippen LogP contribution is -2.35. The van der Waals surface area contributed by atoms with Crippen molar-refractivity contribution < 1.29 is 35.9 Å². The van der Waals surface area contributed by atoms with Gasteiger partial charge in [0.05, 0.1) is 16.2 Å². The van der Waals surface area contributed by atoms with Crippen molar-refractivity contribution in [2.45, 2.75) is 42.4 Å². The number of halogens is 5. The largest absolute Gasteiger partial charge is 0.490 e. The van der Waals surface area contributed by atoms with Gasteiger partial charge in [-0.2, -0.15) is 13.2 Å². The van der Waals surface area contributed by atoms with Crippen LogP contribution in [-0.2, 0) is 21.2 Å². The number of hydrogen-bond donors (Lipinski definition) is 2. The van der Waals surface area contributed by atoms with Gasteiger partial charge in [-0.15, -0.1) is 11.3 Å². The van der Waals surface area contributed by atoms with Gasteiger partial charge in [-0.25, -0.2) is 22.6 Å². The summed E-state index contributed by atoms with van der Waals surface area (Å²) in [5.74, 6) is -3.45. The molecule has 8 nitrogen and oxygen atoms in total. The summed E-state index contributed by atoms with van der Waals surface area (Å²) in [4.78, 5) is 16.8. The molecule has 216 valence electrons. The number of thiazole rings is 1. The van der Waals surface area contributed by atoms with Crippen molar-refractivity contribution in [1.29, 1.82) is 0 Å². The Balaban J connectivity index is 0.000000470. The average Bonchev–Trinajstić information content (AvgIpc) is 3.65. The summed E-state index contributed by atoms with van der Waals surface area (Å²) in [6.07, 6.45) is -1.94. The molecule has 1 aliphatic heterocycles. The summed E-state index contributed by atoms with van der Waals surface area (Å²) in [6, 6.07) is 11.6. The molecule has 5 rings (SSSR count). The van der Waals surface area contributed by atoms with Crippen LogP contribution in [0.2, 0.25) is 5.02 Å². The number of benzene rings is 2. The van der Waals surface area contributed by atoms with Crippen LogP contribution in [0.15, 0.2) is 52.2 Å². The Morgan fingerprint density at radius 3 is 2.60 bits per heavy atom. The smallest absolute Gasteiger partial charge is 0.475 e. The highest BCUT2D eigenvalue weighted by Gasteiger charge is 2.38. The molecule has 1 fully saturated rings. The highest BCUT2D eigenvalue weighted by Crippen LogP contribution is 2.39. The molecule has 0 amide bonds. The first-order valence-electron chi connectivity index (χ1n) is 12.0. The molecule has 1 saturated heterocycles. The van der Waals surface area contributed by atoms with Crippen LogP contribution in [0.25, 0.3) is 0 Å². The fourth-order valence-electron chi connectivity index (χ4n) is 4.93. The first kappa shape index (κ1) is 30.0. The van der Waals surface area contributed by atoms with Crippen LogP contribution in [0.5, 0.6) is 0 Å². The third-order valence-corrected chi connectivity index (χ3v) is 9.13. The lowest BCUT2D eigenvalue weighted by Gasteiger charge is -2.30. The summed E-state index contributed by atoms with van der Waals surface area (Å²) in [5.41, 5.74) is 4.81. The quantitative estimate of drug-likeness (QED) is 0.348. The van der Waals surface area contributed by atoms with Crippen LogP contribution in [0.3, 0.4) is 0 Å². The third kappa shape index (κ3) is 6.67. The zero-order valence-corrected chi connectivity index (χ0v) is 23.4. The van der Waals surface area contributed by atoms with E-state index in [0.717, 1.165) is 32.4 Å². The van der Waals surface area contributed by atoms with Gasteiger partial charge in [-0.1, -0.05) is 35.9 Å². The maximum absolute atomic E-state index is 15.0. The molecule has 1 aromatic heterocycles. The van der Waals surface area contributed by atoms with Crippen molar-refractivity contribution in [2.24, 2.45) is 0 Å². The number of aromatic nitrogens is 1. The number of likely N-dealkylation sites (N-methyl/N-ethyl adjacent to an activating group) is 1. The highest BCUT2D eigenvalue weighted by molar-refractivity contribution is 7.92. The monoisotopic (exact) mass is 620 g/mol. The number of carbonyl (C=O) groups is 1. The van der Waals surface area contributed by atoms with E-state index in [2.05, 4.69) is 38.9 Å². The molecule has 0 spiro atoms. The molecule has 40 heavy (non-hydrogen) atoms. The Morgan fingerprint density at radius 1 is 1.25 bits per heavy atom. The summed E-state index contributed by atoms with van der Waals surface area (Å²) in [5, 5.41) is 8.86. The van der Waals surface area contributed by atoms with Gasteiger partial charge < -0.3 is 10.0 Å². The number of nitrogens with one attached hydrogen (secondary N) is 1. The summed E-state index contributed by atoms with van der Waals surface area (Å²) >= 11 is 7.71. The number of nitrogens with zero attached hydrogens (tertiary/aromatic N) is 3. The number of aliphatic carboxylic acids is 1. The number of alkyl halides is 3. The number of hydrogen-bond acceptors (Lipinski definition) is 7. The molecule has 2 aromatic carbocycles. The van der Waals surface area contributed by atoms with E-state index in [9.17, 15) is 26.0 Å². The molecule has 2 atom stereocenters. The van der Waals surface area contributed by atoms with Crippen LogP contribution in [0.4, 0.5) is 29.1 Å². The van der Waals surface area contributed by atoms with Gasteiger partial charge in [-0.05, 0) is 36.5 Å². The summed E-state index contributed by atoms with van der Waals surface area (Å²) < 4.78 is 74.2. The van der Waals surface area contributed by atoms with Crippen molar-refractivity contribution in [3.05, 3.63) is 69.3 Å². The fourth-order valence-corrected chi connectivity index (χ4v) is 6.93. The molecule has 0 saturated carbocycles. The molecule has 1 aliphatic carbocycles. The topological polar surface area (TPSA) is 103 Å². The lowest BCUT2D eigenvalue weighted by molar-refractivity contribution is -0.192.